The summed E-state index contributed by atoms with van der Waals surface area (Å²) in [5, 5.41) is 8.37. The van der Waals surface area contributed by atoms with Gasteiger partial charge in [-0.2, -0.15) is 18.4 Å². The first-order valence-electron chi connectivity index (χ1n) is 4.66. The maximum Gasteiger partial charge on any atom is 0.419 e. The topological polar surface area (TPSA) is 23.8 Å². The van der Waals surface area contributed by atoms with E-state index in [4.69, 9.17) is 5.26 Å². The van der Waals surface area contributed by atoms with Gasteiger partial charge in [-0.05, 0) is 12.0 Å². The fourth-order valence-corrected chi connectivity index (χ4v) is 1.48. The van der Waals surface area contributed by atoms with Crippen LogP contribution in [0.4, 0.5) is 17.6 Å². The van der Waals surface area contributed by atoms with Crippen LogP contribution in [-0.4, -0.2) is 0 Å². The van der Waals surface area contributed by atoms with Crippen LogP contribution < -0.4 is 0 Å². The zero-order valence-corrected chi connectivity index (χ0v) is 8.53. The smallest absolute Gasteiger partial charge is 0.206 e. The Balaban J connectivity index is 3.42. The quantitative estimate of drug-likeness (QED) is 0.715. The maximum atomic E-state index is 13.5. The summed E-state index contributed by atoms with van der Waals surface area (Å²) in [6, 6.07) is 4.08. The molecule has 0 amide bonds. The molecule has 0 aliphatic rings. The molecule has 0 fully saturated rings. The zero-order valence-electron chi connectivity index (χ0n) is 8.53. The Kier molecular flexibility index (Phi) is 3.53. The predicted molar refractivity (Wildman–Crippen MR) is 50.1 cm³/mol. The van der Waals surface area contributed by atoms with Crippen LogP contribution in [-0.2, 0) is 19.0 Å². The molecule has 5 heteroatoms. The van der Waals surface area contributed by atoms with Gasteiger partial charge in [0.1, 0.15) is 5.82 Å². The lowest BCUT2D eigenvalue weighted by atomic mass is 9.99. The van der Waals surface area contributed by atoms with E-state index < -0.39 is 17.6 Å². The summed E-state index contributed by atoms with van der Waals surface area (Å²) in [5.74, 6) is -1.33. The highest BCUT2D eigenvalue weighted by molar-refractivity contribution is 5.37. The Morgan fingerprint density at radius 2 is 1.81 bits per heavy atom. The molecule has 86 valence electrons. The van der Waals surface area contributed by atoms with Crippen molar-refractivity contribution in [2.45, 2.75) is 25.9 Å². The van der Waals surface area contributed by atoms with Crippen LogP contribution in [0.15, 0.2) is 12.1 Å². The van der Waals surface area contributed by atoms with Gasteiger partial charge in [0, 0.05) is 5.56 Å². The Bertz CT molecular complexity index is 429. The molecule has 16 heavy (non-hydrogen) atoms. The molecular weight excluding hydrogens is 222 g/mol. The van der Waals surface area contributed by atoms with Gasteiger partial charge in [0.05, 0.1) is 18.1 Å². The standard InChI is InChI=1S/C11H9F4N/c1-2-7-3-4-8(5-6-16)10(12)9(7)11(13,14)15/h3-4H,2,5H2,1H3. The summed E-state index contributed by atoms with van der Waals surface area (Å²) in [7, 11) is 0. The molecule has 0 atom stereocenters. The maximum absolute atomic E-state index is 13.5. The van der Waals surface area contributed by atoms with Crippen molar-refractivity contribution in [3.8, 4) is 6.07 Å². The van der Waals surface area contributed by atoms with Crippen LogP contribution in [0, 0.1) is 17.1 Å². The van der Waals surface area contributed by atoms with Crippen molar-refractivity contribution >= 4 is 0 Å². The molecule has 0 unspecified atom stereocenters. The second-order valence-electron chi connectivity index (χ2n) is 3.26. The lowest BCUT2D eigenvalue weighted by molar-refractivity contribution is -0.140. The van der Waals surface area contributed by atoms with Gasteiger partial charge in [-0.3, -0.25) is 0 Å². The van der Waals surface area contributed by atoms with Crippen LogP contribution in [0.3, 0.4) is 0 Å². The van der Waals surface area contributed by atoms with Crippen LogP contribution >= 0.6 is 0 Å². The van der Waals surface area contributed by atoms with Gasteiger partial charge in [0.25, 0.3) is 0 Å². The molecule has 1 rings (SSSR count). The molecule has 0 saturated carbocycles. The lowest BCUT2D eigenvalue weighted by Gasteiger charge is -2.14. The first kappa shape index (κ1) is 12.5. The summed E-state index contributed by atoms with van der Waals surface area (Å²) in [4.78, 5) is 0. The Morgan fingerprint density at radius 1 is 1.25 bits per heavy atom. The van der Waals surface area contributed by atoms with Crippen molar-refractivity contribution in [2.75, 3.05) is 0 Å². The molecular formula is C11H9F4N. The van der Waals surface area contributed by atoms with Gasteiger partial charge in [-0.15, -0.1) is 0 Å². The van der Waals surface area contributed by atoms with Crippen molar-refractivity contribution in [3.05, 3.63) is 34.6 Å². The lowest BCUT2D eigenvalue weighted by Crippen LogP contribution is -2.13. The van der Waals surface area contributed by atoms with Gasteiger partial charge < -0.3 is 0 Å². The molecule has 0 aromatic heterocycles. The Hall–Kier alpha value is -1.57. The highest BCUT2D eigenvalue weighted by Crippen LogP contribution is 2.35. The molecule has 1 aromatic carbocycles. The SMILES string of the molecule is CCc1ccc(CC#N)c(F)c1C(F)(F)F. The van der Waals surface area contributed by atoms with Crippen LogP contribution in [0.2, 0.25) is 0 Å². The van der Waals surface area contributed by atoms with E-state index in [-0.39, 0.29) is 24.0 Å². The van der Waals surface area contributed by atoms with Crippen molar-refractivity contribution in [1.29, 1.82) is 5.26 Å². The zero-order chi connectivity index (χ0) is 12.3. The van der Waals surface area contributed by atoms with Crippen molar-refractivity contribution < 1.29 is 17.6 Å². The van der Waals surface area contributed by atoms with E-state index in [2.05, 4.69) is 0 Å². The highest BCUT2D eigenvalue weighted by Gasteiger charge is 2.37. The molecule has 0 spiro atoms. The van der Waals surface area contributed by atoms with Gasteiger partial charge in [0.15, 0.2) is 0 Å². The molecule has 1 aromatic rings. The average Bonchev–Trinajstić information content (AvgIpc) is 2.19. The van der Waals surface area contributed by atoms with Crippen LogP contribution in [0.5, 0.6) is 0 Å². The van der Waals surface area contributed by atoms with Gasteiger partial charge in [-0.1, -0.05) is 19.1 Å². The van der Waals surface area contributed by atoms with E-state index in [1.165, 1.54) is 19.1 Å². The summed E-state index contributed by atoms with van der Waals surface area (Å²) in [5.41, 5.74) is -1.55. The first-order valence-corrected chi connectivity index (χ1v) is 4.66. The number of alkyl halides is 3. The molecule has 1 nitrogen and oxygen atoms in total. The van der Waals surface area contributed by atoms with E-state index in [9.17, 15) is 17.6 Å². The number of aryl methyl sites for hydroxylation is 1. The number of nitrogens with zero attached hydrogens (tertiary/aromatic N) is 1. The Labute approximate surface area is 90.3 Å². The van der Waals surface area contributed by atoms with Crippen molar-refractivity contribution in [1.82, 2.24) is 0 Å². The molecule has 0 aliphatic heterocycles. The third-order valence-electron chi connectivity index (χ3n) is 2.24. The minimum Gasteiger partial charge on any atom is -0.206 e. The molecule has 0 N–H and O–H groups in total. The van der Waals surface area contributed by atoms with Crippen LogP contribution in [0.1, 0.15) is 23.6 Å². The van der Waals surface area contributed by atoms with Gasteiger partial charge in [0.2, 0.25) is 0 Å². The van der Waals surface area contributed by atoms with Crippen molar-refractivity contribution in [2.24, 2.45) is 0 Å². The van der Waals surface area contributed by atoms with E-state index in [1.54, 1.807) is 6.07 Å². The van der Waals surface area contributed by atoms with Gasteiger partial charge in [-0.25, -0.2) is 4.39 Å². The molecule has 0 radical (unpaired) electrons. The second-order valence-corrected chi connectivity index (χ2v) is 3.26. The molecule has 0 heterocycles. The number of hydrogen-bond acceptors (Lipinski definition) is 1. The summed E-state index contributed by atoms with van der Waals surface area (Å²) in [6.07, 6.45) is -4.99. The van der Waals surface area contributed by atoms with Crippen LogP contribution in [0.25, 0.3) is 0 Å². The largest absolute Gasteiger partial charge is 0.419 e. The predicted octanol–water partition coefficient (Wildman–Crippen LogP) is 3.47. The third-order valence-corrected chi connectivity index (χ3v) is 2.24. The third kappa shape index (κ3) is 2.32. The number of hydrogen-bond donors (Lipinski definition) is 0. The fourth-order valence-electron chi connectivity index (χ4n) is 1.48. The monoisotopic (exact) mass is 231 g/mol. The second kappa shape index (κ2) is 4.52. The highest BCUT2D eigenvalue weighted by atomic mass is 19.4. The summed E-state index contributed by atoms with van der Waals surface area (Å²) >= 11 is 0. The summed E-state index contributed by atoms with van der Waals surface area (Å²) in [6.45, 7) is 1.52. The number of halogens is 4. The van der Waals surface area contributed by atoms with E-state index in [1.807, 2.05) is 0 Å². The molecule has 0 bridgehead atoms. The normalized spacial score (nSPS) is 11.2. The van der Waals surface area contributed by atoms with Gasteiger partial charge >= 0.3 is 6.18 Å². The first-order chi connectivity index (χ1) is 7.41. The molecule has 0 saturated heterocycles. The van der Waals surface area contributed by atoms with Crippen molar-refractivity contribution in [3.63, 3.8) is 0 Å². The summed E-state index contributed by atoms with van der Waals surface area (Å²) < 4.78 is 51.3. The van der Waals surface area contributed by atoms with E-state index in [0.29, 0.717) is 0 Å². The minimum absolute atomic E-state index is 0.0910. The fraction of sp³-hybridized carbons (Fsp3) is 0.364. The van der Waals surface area contributed by atoms with E-state index >= 15 is 0 Å². The number of nitriles is 1. The number of rotatable bonds is 2. The molecule has 0 aliphatic carbocycles. The Morgan fingerprint density at radius 3 is 2.25 bits per heavy atom. The average molecular weight is 231 g/mol. The van der Waals surface area contributed by atoms with E-state index in [0.717, 1.165) is 0 Å². The minimum atomic E-state index is -4.72. The number of benzene rings is 1.